The number of alkyl halides is 3. The van der Waals surface area contributed by atoms with E-state index in [2.05, 4.69) is 12.6 Å². The monoisotopic (exact) mass is 312 g/mol. The van der Waals surface area contributed by atoms with Crippen molar-refractivity contribution in [3.05, 3.63) is 65.7 Å². The molecule has 0 saturated carbocycles. The number of halogens is 3. The van der Waals surface area contributed by atoms with Crippen LogP contribution in [0.3, 0.4) is 0 Å². The fourth-order valence-corrected chi connectivity index (χ4v) is 2.23. The van der Waals surface area contributed by atoms with E-state index in [0.717, 1.165) is 17.7 Å². The average Bonchev–Trinajstić information content (AvgIpc) is 2.48. The minimum Gasteiger partial charge on any atom is -0.493 e. The Morgan fingerprint density at radius 2 is 1.57 bits per heavy atom. The third kappa shape index (κ3) is 4.43. The second-order valence-electron chi connectivity index (χ2n) is 4.62. The summed E-state index contributed by atoms with van der Waals surface area (Å²) in [5.74, 6) is 1.12. The predicted molar refractivity (Wildman–Crippen MR) is 80.0 cm³/mol. The van der Waals surface area contributed by atoms with Gasteiger partial charge >= 0.3 is 6.18 Å². The molecule has 0 radical (unpaired) electrons. The van der Waals surface area contributed by atoms with Crippen LogP contribution in [0, 0.1) is 0 Å². The molecule has 0 bridgehead atoms. The Balaban J connectivity index is 1.99. The van der Waals surface area contributed by atoms with E-state index in [-0.39, 0.29) is 5.92 Å². The Labute approximate surface area is 127 Å². The first-order chi connectivity index (χ1) is 10.0. The molecule has 0 heterocycles. The van der Waals surface area contributed by atoms with E-state index in [0.29, 0.717) is 18.1 Å². The van der Waals surface area contributed by atoms with Crippen LogP contribution in [0.1, 0.15) is 17.0 Å². The second kappa shape index (κ2) is 6.89. The summed E-state index contributed by atoms with van der Waals surface area (Å²) in [7, 11) is 0. The Morgan fingerprint density at radius 3 is 2.10 bits per heavy atom. The number of benzene rings is 2. The Kier molecular flexibility index (Phi) is 5.17. The van der Waals surface area contributed by atoms with Gasteiger partial charge in [0, 0.05) is 11.7 Å². The highest BCUT2D eigenvalue weighted by molar-refractivity contribution is 7.80. The van der Waals surface area contributed by atoms with E-state index < -0.39 is 11.7 Å². The Hall–Kier alpha value is -1.62. The normalized spacial score (nSPS) is 13.0. The van der Waals surface area contributed by atoms with Gasteiger partial charge in [0.15, 0.2) is 0 Å². The Bertz CT molecular complexity index is 552. The highest BCUT2D eigenvalue weighted by Crippen LogP contribution is 2.30. The maximum Gasteiger partial charge on any atom is 0.416 e. The zero-order valence-corrected chi connectivity index (χ0v) is 12.1. The lowest BCUT2D eigenvalue weighted by atomic mass is 10.0. The lowest BCUT2D eigenvalue weighted by Crippen LogP contribution is -2.12. The quantitative estimate of drug-likeness (QED) is 0.780. The van der Waals surface area contributed by atoms with Gasteiger partial charge in [-0.3, -0.25) is 0 Å². The molecule has 2 rings (SSSR count). The SMILES string of the molecule is FC(F)(F)c1ccc(OCC(CS)c2ccccc2)cc1. The topological polar surface area (TPSA) is 9.23 Å². The van der Waals surface area contributed by atoms with Crippen LogP contribution in [0.5, 0.6) is 5.75 Å². The highest BCUT2D eigenvalue weighted by atomic mass is 32.1. The van der Waals surface area contributed by atoms with Crippen molar-refractivity contribution in [1.29, 1.82) is 0 Å². The summed E-state index contributed by atoms with van der Waals surface area (Å²) in [6, 6.07) is 14.5. The van der Waals surface area contributed by atoms with Crippen LogP contribution < -0.4 is 4.74 Å². The Morgan fingerprint density at radius 1 is 0.952 bits per heavy atom. The summed E-state index contributed by atoms with van der Waals surface area (Å²) in [5, 5.41) is 0. The minimum absolute atomic E-state index is 0.0943. The number of ether oxygens (including phenoxy) is 1. The molecule has 1 atom stereocenters. The fraction of sp³-hybridized carbons (Fsp3) is 0.250. The maximum atomic E-state index is 12.5. The minimum atomic E-state index is -4.32. The molecule has 0 amide bonds. The van der Waals surface area contributed by atoms with Crippen LogP contribution in [-0.2, 0) is 6.18 Å². The van der Waals surface area contributed by atoms with Crippen LogP contribution in [0.15, 0.2) is 54.6 Å². The van der Waals surface area contributed by atoms with Crippen molar-refractivity contribution in [2.45, 2.75) is 12.1 Å². The van der Waals surface area contributed by atoms with Gasteiger partial charge in [-0.25, -0.2) is 0 Å². The predicted octanol–water partition coefficient (Wildman–Crippen LogP) is 4.80. The molecule has 0 fully saturated rings. The number of thiol groups is 1. The van der Waals surface area contributed by atoms with E-state index in [1.165, 1.54) is 12.1 Å². The molecular formula is C16H15F3OS. The number of hydrogen-bond acceptors (Lipinski definition) is 2. The fourth-order valence-electron chi connectivity index (χ4n) is 1.92. The van der Waals surface area contributed by atoms with E-state index in [1.54, 1.807) is 0 Å². The zero-order valence-electron chi connectivity index (χ0n) is 11.2. The summed E-state index contributed by atoms with van der Waals surface area (Å²) in [5.41, 5.74) is 0.420. The smallest absolute Gasteiger partial charge is 0.416 e. The van der Waals surface area contributed by atoms with Gasteiger partial charge in [0.1, 0.15) is 5.75 Å². The molecule has 0 N–H and O–H groups in total. The van der Waals surface area contributed by atoms with Gasteiger partial charge in [0.25, 0.3) is 0 Å². The standard InChI is InChI=1S/C16H15F3OS/c17-16(18,19)14-6-8-15(9-7-14)20-10-13(11-21)12-4-2-1-3-5-12/h1-9,13,21H,10-11H2. The van der Waals surface area contributed by atoms with Gasteiger partial charge in [-0.2, -0.15) is 25.8 Å². The van der Waals surface area contributed by atoms with Crippen LogP contribution in [0.2, 0.25) is 0 Å². The molecule has 0 spiro atoms. The van der Waals surface area contributed by atoms with Crippen molar-refractivity contribution in [2.75, 3.05) is 12.4 Å². The van der Waals surface area contributed by atoms with Crippen molar-refractivity contribution < 1.29 is 17.9 Å². The van der Waals surface area contributed by atoms with Gasteiger partial charge in [-0.05, 0) is 29.8 Å². The van der Waals surface area contributed by atoms with Crippen LogP contribution in [0.25, 0.3) is 0 Å². The summed E-state index contributed by atoms with van der Waals surface area (Å²) >= 11 is 4.30. The lowest BCUT2D eigenvalue weighted by Gasteiger charge is -2.16. The molecule has 0 aliphatic carbocycles. The lowest BCUT2D eigenvalue weighted by molar-refractivity contribution is -0.137. The van der Waals surface area contributed by atoms with Crippen molar-refractivity contribution in [3.63, 3.8) is 0 Å². The maximum absolute atomic E-state index is 12.5. The van der Waals surface area contributed by atoms with Gasteiger partial charge in [-0.15, -0.1) is 0 Å². The molecule has 1 unspecified atom stereocenters. The summed E-state index contributed by atoms with van der Waals surface area (Å²) in [4.78, 5) is 0. The summed E-state index contributed by atoms with van der Waals surface area (Å²) in [6.07, 6.45) is -4.32. The number of rotatable bonds is 5. The highest BCUT2D eigenvalue weighted by Gasteiger charge is 2.30. The summed E-state index contributed by atoms with van der Waals surface area (Å²) in [6.45, 7) is 0.374. The van der Waals surface area contributed by atoms with E-state index in [9.17, 15) is 13.2 Å². The van der Waals surface area contributed by atoms with Gasteiger partial charge in [0.05, 0.1) is 12.2 Å². The average molecular weight is 312 g/mol. The van der Waals surface area contributed by atoms with Crippen LogP contribution in [0.4, 0.5) is 13.2 Å². The van der Waals surface area contributed by atoms with E-state index in [1.807, 2.05) is 30.3 Å². The van der Waals surface area contributed by atoms with Gasteiger partial charge < -0.3 is 4.74 Å². The second-order valence-corrected chi connectivity index (χ2v) is 4.99. The van der Waals surface area contributed by atoms with Crippen LogP contribution in [-0.4, -0.2) is 12.4 Å². The molecule has 2 aromatic carbocycles. The van der Waals surface area contributed by atoms with Crippen molar-refractivity contribution in [1.82, 2.24) is 0 Å². The largest absolute Gasteiger partial charge is 0.493 e. The summed E-state index contributed by atoms with van der Waals surface area (Å²) < 4.78 is 42.9. The van der Waals surface area contributed by atoms with Crippen LogP contribution >= 0.6 is 12.6 Å². The van der Waals surface area contributed by atoms with Gasteiger partial charge in [-0.1, -0.05) is 30.3 Å². The molecule has 2 aromatic rings. The van der Waals surface area contributed by atoms with Gasteiger partial charge in [0.2, 0.25) is 0 Å². The molecular weight excluding hydrogens is 297 g/mol. The molecule has 0 aromatic heterocycles. The third-order valence-corrected chi connectivity index (χ3v) is 3.56. The number of hydrogen-bond donors (Lipinski definition) is 1. The van der Waals surface area contributed by atoms with Crippen molar-refractivity contribution in [3.8, 4) is 5.75 Å². The molecule has 0 aliphatic rings. The third-order valence-electron chi connectivity index (χ3n) is 3.12. The first-order valence-electron chi connectivity index (χ1n) is 6.46. The van der Waals surface area contributed by atoms with Crippen molar-refractivity contribution >= 4 is 12.6 Å². The molecule has 0 aliphatic heterocycles. The van der Waals surface area contributed by atoms with Crippen molar-refractivity contribution in [2.24, 2.45) is 0 Å². The molecule has 112 valence electrons. The molecule has 5 heteroatoms. The first kappa shape index (κ1) is 15.8. The van der Waals surface area contributed by atoms with E-state index >= 15 is 0 Å². The van der Waals surface area contributed by atoms with E-state index in [4.69, 9.17) is 4.74 Å². The molecule has 21 heavy (non-hydrogen) atoms. The zero-order chi connectivity index (χ0) is 15.3. The molecule has 1 nitrogen and oxygen atoms in total. The molecule has 0 saturated heterocycles. The first-order valence-corrected chi connectivity index (χ1v) is 7.10.